The maximum atomic E-state index is 11.2. The van der Waals surface area contributed by atoms with Gasteiger partial charge in [0.15, 0.2) is 5.78 Å². The van der Waals surface area contributed by atoms with Gasteiger partial charge in [0, 0.05) is 177 Å². The monoisotopic (exact) mass is 2050 g/mol. The number of para-hydroxylation sites is 2. The molecule has 7 heterocycles. The van der Waals surface area contributed by atoms with Gasteiger partial charge in [-0.25, -0.2) is 19.4 Å². The summed E-state index contributed by atoms with van der Waals surface area (Å²) in [5.74, 6) is 1.02. The van der Waals surface area contributed by atoms with Crippen molar-refractivity contribution < 1.29 is 39.2 Å². The second kappa shape index (κ2) is 68.3. The van der Waals surface area contributed by atoms with Crippen LogP contribution in [0.4, 0.5) is 11.4 Å². The smallest absolute Gasteiger partial charge is 0.328 e. The van der Waals surface area contributed by atoms with E-state index >= 15 is 0 Å². The number of furan rings is 1. The zero-order chi connectivity index (χ0) is 110. The highest BCUT2D eigenvalue weighted by molar-refractivity contribution is 6.32. The van der Waals surface area contributed by atoms with Crippen LogP contribution in [0.1, 0.15) is 202 Å². The number of phenolic OH excluding ortho intramolecular Hbond substituents is 2. The molecule has 5 aromatic heterocycles. The summed E-state index contributed by atoms with van der Waals surface area (Å²) in [4.78, 5) is 70.3. The number of aliphatic hydroxyl groups excluding tert-OH is 1. The molecule has 0 saturated carbocycles. The van der Waals surface area contributed by atoms with Crippen LogP contribution in [-0.2, 0) is 75.5 Å². The number of rotatable bonds is 28. The number of aliphatic carboxylic acids is 1. The van der Waals surface area contributed by atoms with Gasteiger partial charge in [0.25, 0.3) is 5.56 Å². The van der Waals surface area contributed by atoms with Crippen LogP contribution in [-0.4, -0.2) is 162 Å². The first-order chi connectivity index (χ1) is 70.0. The number of aromatic nitrogens is 8. The molecule has 8 aromatic carbocycles. The Morgan fingerprint density at radius 3 is 1.52 bits per heavy atom. The third kappa shape index (κ3) is 52.9. The zero-order valence-electron chi connectivity index (χ0n) is 89.4. The molecule has 800 valence electrons. The maximum Gasteiger partial charge on any atom is 0.328 e. The van der Waals surface area contributed by atoms with Crippen LogP contribution in [0.15, 0.2) is 274 Å². The number of benzene rings is 8. The number of Topliss-reactive ketones (excluding diaryl/α,β-unsaturated/α-hetero) is 1. The summed E-state index contributed by atoms with van der Waals surface area (Å²) >= 11 is 5.71. The fourth-order valence-corrected chi connectivity index (χ4v) is 14.6. The Kier molecular flexibility index (Phi) is 58.6. The maximum absolute atomic E-state index is 11.2. The van der Waals surface area contributed by atoms with E-state index in [4.69, 9.17) is 99.8 Å². The minimum atomic E-state index is -1.02. The van der Waals surface area contributed by atoms with E-state index in [0.29, 0.717) is 34.3 Å². The highest BCUT2D eigenvalue weighted by Crippen LogP contribution is 2.31. The normalized spacial score (nSPS) is 13.7. The third-order valence-electron chi connectivity index (χ3n) is 21.6. The average molecular weight is 2050 g/mol. The second-order valence-electron chi connectivity index (χ2n) is 38.2. The molecule has 2 aliphatic heterocycles. The molecule has 148 heavy (non-hydrogen) atoms. The summed E-state index contributed by atoms with van der Waals surface area (Å²) in [5.41, 5.74) is 89.6. The number of ketones is 1. The van der Waals surface area contributed by atoms with E-state index in [0.717, 1.165) is 127 Å². The van der Waals surface area contributed by atoms with Gasteiger partial charge >= 0.3 is 11.7 Å². The lowest BCUT2D eigenvalue weighted by Crippen LogP contribution is -2.35. The van der Waals surface area contributed by atoms with Gasteiger partial charge in [-0.2, -0.15) is 5.10 Å². The number of carboxylic acids is 1. The summed E-state index contributed by atoms with van der Waals surface area (Å²) in [5, 5.41) is 41.0. The Balaban J connectivity index is 0.000000337. The minimum Gasteiger partial charge on any atom is -0.508 e. The molecule has 32 nitrogen and oxygen atoms in total. The number of carbonyl (C=O) groups excluding carboxylic acids is 1. The summed E-state index contributed by atoms with van der Waals surface area (Å²) in [6, 6.07) is 63.2. The summed E-state index contributed by atoms with van der Waals surface area (Å²) in [7, 11) is 1.69. The number of hydrogen-bond acceptors (Lipinski definition) is 28. The zero-order valence-corrected chi connectivity index (χ0v) is 90.2. The van der Waals surface area contributed by atoms with Gasteiger partial charge in [0.1, 0.15) is 41.5 Å². The number of methoxy groups -OCH3 is 1. The number of nitrogens with two attached hydrogens (primary N) is 12. The molecule has 0 bridgehead atoms. The van der Waals surface area contributed by atoms with Gasteiger partial charge < -0.3 is 98.4 Å². The number of aliphatic imine (C=N–C) groups is 2. The molecule has 29 N–H and O–H groups in total. The number of aromatic amines is 1. The van der Waals surface area contributed by atoms with Gasteiger partial charge in [-0.3, -0.25) is 43.9 Å². The van der Waals surface area contributed by atoms with E-state index in [1.807, 2.05) is 172 Å². The van der Waals surface area contributed by atoms with Gasteiger partial charge in [-0.15, -0.1) is 0 Å². The highest BCUT2D eigenvalue weighted by Gasteiger charge is 2.19. The van der Waals surface area contributed by atoms with Crippen LogP contribution in [0, 0.1) is 34.6 Å². The van der Waals surface area contributed by atoms with Crippen LogP contribution in [0.3, 0.4) is 0 Å². The van der Waals surface area contributed by atoms with Crippen LogP contribution >= 0.6 is 11.6 Å². The van der Waals surface area contributed by atoms with Crippen LogP contribution < -0.4 is 84.8 Å². The lowest BCUT2D eigenvalue weighted by molar-refractivity contribution is -0.138. The van der Waals surface area contributed by atoms with Gasteiger partial charge in [-0.1, -0.05) is 139 Å². The van der Waals surface area contributed by atoms with Crippen molar-refractivity contribution in [1.29, 1.82) is 0 Å². The number of H-pyrrole nitrogens is 1. The van der Waals surface area contributed by atoms with E-state index in [1.165, 1.54) is 79.3 Å². The number of aliphatic hydroxyl groups is 1. The van der Waals surface area contributed by atoms with Crippen LogP contribution in [0.2, 0.25) is 5.02 Å². The van der Waals surface area contributed by atoms with Crippen molar-refractivity contribution in [2.75, 3.05) is 7.11 Å². The largest absolute Gasteiger partial charge is 0.508 e. The van der Waals surface area contributed by atoms with E-state index < -0.39 is 23.8 Å². The fourth-order valence-electron chi connectivity index (χ4n) is 14.4. The first-order valence-electron chi connectivity index (χ1n) is 49.7. The minimum absolute atomic E-state index is 0.0959. The molecule has 0 saturated heterocycles. The summed E-state index contributed by atoms with van der Waals surface area (Å²) < 4.78 is 13.4. The molecule has 2 aliphatic rings. The Morgan fingerprint density at radius 1 is 0.466 bits per heavy atom. The molecular formula is C115H163ClN22O10. The second-order valence-corrected chi connectivity index (χ2v) is 38.6. The number of phenols is 2. The number of carbonyl (C=O) groups is 2. The van der Waals surface area contributed by atoms with E-state index in [9.17, 15) is 29.4 Å². The van der Waals surface area contributed by atoms with Crippen molar-refractivity contribution in [2.24, 2.45) is 78.8 Å². The highest BCUT2D eigenvalue weighted by atomic mass is 35.5. The number of carboxylic acid groups (broad SMARTS) is 1. The number of fused-ring (bicyclic) bond motifs is 2. The third-order valence-corrected chi connectivity index (χ3v) is 21.9. The van der Waals surface area contributed by atoms with Gasteiger partial charge in [0.05, 0.1) is 47.3 Å². The summed E-state index contributed by atoms with van der Waals surface area (Å²) in [6.45, 7) is 33.2. The number of halogens is 1. The molecule has 13 unspecified atom stereocenters. The van der Waals surface area contributed by atoms with E-state index in [-0.39, 0.29) is 90.0 Å². The topological polar surface area (TPSA) is 599 Å². The fraction of sp³-hybridized carbons (Fsp3) is 0.383. The molecule has 13 aromatic rings. The number of nitrogens with zero attached hydrogens (tertiary/aromatic N) is 9. The Hall–Kier alpha value is -13.3. The Bertz CT molecular complexity index is 6170. The molecular weight excluding hydrogens is 1880 g/mol. The van der Waals surface area contributed by atoms with Crippen molar-refractivity contribution in [2.45, 2.75) is 280 Å². The molecule has 0 fully saturated rings. The lowest BCUT2D eigenvalue weighted by Gasteiger charge is -2.10. The molecule has 33 heteroatoms. The molecule has 0 radical (unpaired) electrons. The first kappa shape index (κ1) is 127. The summed E-state index contributed by atoms with van der Waals surface area (Å²) in [6.07, 6.45) is 24.2. The van der Waals surface area contributed by atoms with Gasteiger partial charge in [0.2, 0.25) is 0 Å². The molecule has 0 aliphatic carbocycles. The lowest BCUT2D eigenvalue weighted by atomic mass is 10.0. The van der Waals surface area contributed by atoms with E-state index in [1.54, 1.807) is 96.0 Å². The standard InChI is InChI=1S/C12H15N3.C12H16N2.C11H14N2.C11H17NO.C11H15NO.C10H15NO.C10H15N.C9H12ClNO.C8H13N3O2.C7H9N3O2.C7H11N3.C7H11NO2/c1-10(13)7-11-8-14-15(9-11)12-5-3-2-4-6-12;1-8-3-4-10-7-11(6-9(2)13)14-12(10)5-8;1-8(12)6-10-7-9-4-2-3-5-11(9)13-10;1-8-4-5-10(6-9(2)12)7-11(8)13-3;1-8(12)7-10-3-5-11(6-4-10)9(2)13;1-7-3-4-9(6-8(2)11)10(12)5-7;1-8-5-3-4-6-10(8)7-9(2)11;1-6(11)4-7-2-3-9(12)8(10)5-7;1-5-3-11(4-6(2)9)8(13)10-7(5)12;8-6(7(11)12)3-5-1-2-9-4-10-5;1-6(8)4-7-5-9-2-3-10-7;1-5(8)7(9)6-3-2-4-10-6/h2-6,8-10H,7,13H2,1H3;3-5,9H,6-7,13H2,1-2H3;2-5,8H,6-7,12H2,1H3;4-5,7,9H,6,12H2,1-3H3;3-6,8H,7,12H2,1-2H3;3-5,8,12H,6,11H2,1-2H3;3-6,9H,7,11H2,1-2H3;2-3,5-6,12H,4,11H2,1H3;3,6H,4,9H2,1-2H3,(H,10,12,13);1-2,4,6H,3,8H2,(H,11,12);2-3,5-6H,4,8H2,1H3;2-5,7,9H,8H2,1H3. The molecule has 0 spiro atoms. The van der Waals surface area contributed by atoms with Crippen LogP contribution in [0.25, 0.3) is 5.69 Å². The van der Waals surface area contributed by atoms with Crippen molar-refractivity contribution in [3.8, 4) is 22.9 Å². The predicted molar refractivity (Wildman–Crippen MR) is 603 cm³/mol. The number of ether oxygens (including phenoxy) is 1. The van der Waals surface area contributed by atoms with Crippen molar-refractivity contribution >= 4 is 46.2 Å². The number of nitrogens with one attached hydrogen (secondary N) is 1. The Morgan fingerprint density at radius 2 is 1.00 bits per heavy atom. The van der Waals surface area contributed by atoms with Crippen molar-refractivity contribution in [1.82, 2.24) is 39.3 Å². The molecule has 13 atom stereocenters. The average Bonchev–Trinajstić information content (AvgIpc) is 1.70. The van der Waals surface area contributed by atoms with Crippen LogP contribution in [0.5, 0.6) is 17.2 Å². The molecule has 15 rings (SSSR count). The quantitative estimate of drug-likeness (QED) is 0.0203. The SMILES string of the molecule is CC(=O)c1ccc(CC(C)N)cc1.CC(N)C(O)c1ccco1.CC(N)CC1=Nc2ccccc2C1.CC(N)Cc1ccc(O)c(Cl)c1.CC(N)Cc1cnccn1.CC(N)Cc1cnn(-c2ccccc2)c1.COc1cc(CC(C)N)ccc1C.Cc1ccc(CC(C)N)c(O)c1.Cc1ccc2c(c1)N=C(CC(C)N)C2.Cc1ccccc1CC(C)N.Cc1cn(CC(C)N)c(=O)[nH]c1=O.NC(Cc1ccncn1)C(=O)O. The predicted octanol–water partition coefficient (Wildman–Crippen LogP) is 14.9. The number of aromatic hydroxyl groups is 2. The van der Waals surface area contributed by atoms with Crippen molar-refractivity contribution in [3.63, 3.8) is 0 Å². The number of aryl methyl sites for hydroxylation is 5. The van der Waals surface area contributed by atoms with Gasteiger partial charge in [-0.05, 0) is 290 Å². The first-order valence-corrected chi connectivity index (χ1v) is 50.1. The Labute approximate surface area is 879 Å². The van der Waals surface area contributed by atoms with Crippen molar-refractivity contribution in [3.05, 3.63) is 371 Å². The number of hydrogen-bond donors (Lipinski definition) is 17. The van der Waals surface area contributed by atoms with E-state index in [2.05, 4.69) is 133 Å². The molecule has 0 amide bonds.